The third-order valence-corrected chi connectivity index (χ3v) is 7.80. The molecule has 1 saturated heterocycles. The van der Waals surface area contributed by atoms with Crippen molar-refractivity contribution in [2.45, 2.75) is 11.3 Å². The Morgan fingerprint density at radius 3 is 2.88 bits per heavy atom. The second-order valence-electron chi connectivity index (χ2n) is 8.04. The quantitative estimate of drug-likeness (QED) is 0.460. The maximum atomic E-state index is 13.1. The minimum absolute atomic E-state index is 0.0537. The Labute approximate surface area is 195 Å². The van der Waals surface area contributed by atoms with Gasteiger partial charge in [-0.2, -0.15) is 0 Å². The number of fused-ring (bicyclic) bond motifs is 3. The van der Waals surface area contributed by atoms with Gasteiger partial charge in [-0.3, -0.25) is 4.79 Å². The van der Waals surface area contributed by atoms with E-state index < -0.39 is 9.84 Å². The van der Waals surface area contributed by atoms with Gasteiger partial charge in [0, 0.05) is 53.2 Å². The highest BCUT2D eigenvalue weighted by Gasteiger charge is 2.20. The second kappa shape index (κ2) is 8.69. The van der Waals surface area contributed by atoms with Crippen molar-refractivity contribution >= 4 is 59.7 Å². The van der Waals surface area contributed by atoms with E-state index in [2.05, 4.69) is 15.6 Å². The third kappa shape index (κ3) is 4.54. The van der Waals surface area contributed by atoms with Crippen LogP contribution in [0.15, 0.2) is 53.6 Å². The Kier molecular flexibility index (Phi) is 5.73. The zero-order valence-electron chi connectivity index (χ0n) is 18.0. The minimum Gasteiger partial charge on any atom is -0.337 e. The fourth-order valence-electron chi connectivity index (χ4n) is 3.91. The first-order valence-corrected chi connectivity index (χ1v) is 13.4. The summed E-state index contributed by atoms with van der Waals surface area (Å²) >= 11 is 1.48. The Hall–Kier alpha value is -3.08. The molecule has 2 N–H and O–H groups in total. The second-order valence-corrected chi connectivity index (χ2v) is 11.1. The lowest BCUT2D eigenvalue weighted by atomic mass is 10.1. The number of anilines is 2. The van der Waals surface area contributed by atoms with Crippen molar-refractivity contribution in [3.63, 3.8) is 0 Å². The molecule has 2 aromatic heterocycles. The summed E-state index contributed by atoms with van der Waals surface area (Å²) in [5.41, 5.74) is 1.33. The largest absolute Gasteiger partial charge is 0.337 e. The highest BCUT2D eigenvalue weighted by atomic mass is 32.2. The van der Waals surface area contributed by atoms with Crippen LogP contribution >= 0.6 is 11.3 Å². The summed E-state index contributed by atoms with van der Waals surface area (Å²) in [5.74, 6) is 0.413. The fraction of sp³-hybridized carbons (Fsp3) is 0.261. The molecule has 2 aromatic carbocycles. The first-order chi connectivity index (χ1) is 15.9. The van der Waals surface area contributed by atoms with Gasteiger partial charge in [-0.25, -0.2) is 18.4 Å². The van der Waals surface area contributed by atoms with Gasteiger partial charge in [-0.15, -0.1) is 11.3 Å². The van der Waals surface area contributed by atoms with Gasteiger partial charge in [0.15, 0.2) is 9.84 Å². The van der Waals surface area contributed by atoms with Gasteiger partial charge in [0.2, 0.25) is 5.95 Å². The summed E-state index contributed by atoms with van der Waals surface area (Å²) in [6, 6.07) is 12.4. The van der Waals surface area contributed by atoms with Crippen molar-refractivity contribution in [1.82, 2.24) is 20.2 Å². The van der Waals surface area contributed by atoms with Gasteiger partial charge in [0.1, 0.15) is 0 Å². The van der Waals surface area contributed by atoms with Crippen molar-refractivity contribution in [2.24, 2.45) is 0 Å². The van der Waals surface area contributed by atoms with Crippen LogP contribution in [-0.4, -0.2) is 61.6 Å². The van der Waals surface area contributed by atoms with Crippen molar-refractivity contribution in [3.05, 3.63) is 53.5 Å². The van der Waals surface area contributed by atoms with E-state index in [1.165, 1.54) is 17.6 Å². The molecular weight excluding hydrogens is 458 g/mol. The number of aromatic nitrogens is 2. The number of nitrogens with one attached hydrogen (secondary N) is 2. The van der Waals surface area contributed by atoms with Crippen LogP contribution in [0.5, 0.6) is 0 Å². The molecule has 0 atom stereocenters. The Morgan fingerprint density at radius 2 is 2.03 bits per heavy atom. The maximum Gasteiger partial charge on any atom is 0.264 e. The molecule has 33 heavy (non-hydrogen) atoms. The molecule has 0 aliphatic carbocycles. The average molecular weight is 482 g/mol. The summed E-state index contributed by atoms with van der Waals surface area (Å²) in [6.07, 6.45) is 3.85. The first-order valence-electron chi connectivity index (χ1n) is 10.6. The lowest BCUT2D eigenvalue weighted by Gasteiger charge is -2.18. The monoisotopic (exact) mass is 481 g/mol. The van der Waals surface area contributed by atoms with Gasteiger partial charge in [-0.05, 0) is 49.4 Å². The van der Waals surface area contributed by atoms with Crippen LogP contribution in [0.25, 0.3) is 21.0 Å². The number of hydrogen-bond donors (Lipinski definition) is 2. The van der Waals surface area contributed by atoms with Crippen LogP contribution in [0, 0.1) is 0 Å². The molecule has 10 heteroatoms. The summed E-state index contributed by atoms with van der Waals surface area (Å²) in [6.45, 7) is 3.20. The van der Waals surface area contributed by atoms with Crippen LogP contribution in [0.3, 0.4) is 0 Å². The van der Waals surface area contributed by atoms with Crippen molar-refractivity contribution < 1.29 is 13.2 Å². The van der Waals surface area contributed by atoms with E-state index in [1.807, 2.05) is 23.1 Å². The third-order valence-electron chi connectivity index (χ3n) is 5.60. The van der Waals surface area contributed by atoms with Gasteiger partial charge in [-0.1, -0.05) is 6.07 Å². The molecule has 0 unspecified atom stereocenters. The highest BCUT2D eigenvalue weighted by Crippen LogP contribution is 2.32. The molecule has 8 nitrogen and oxygen atoms in total. The first kappa shape index (κ1) is 21.7. The summed E-state index contributed by atoms with van der Waals surface area (Å²) in [4.78, 5) is 25.0. The van der Waals surface area contributed by atoms with Crippen LogP contribution in [0.4, 0.5) is 11.6 Å². The lowest BCUT2D eigenvalue weighted by molar-refractivity contribution is 0.0771. The van der Waals surface area contributed by atoms with Gasteiger partial charge in [0.05, 0.1) is 15.3 Å². The number of hydrogen-bond acceptors (Lipinski definition) is 8. The smallest absolute Gasteiger partial charge is 0.264 e. The van der Waals surface area contributed by atoms with E-state index in [1.54, 1.807) is 30.5 Å². The number of benzene rings is 2. The van der Waals surface area contributed by atoms with Crippen LogP contribution < -0.4 is 10.6 Å². The molecule has 0 saturated carbocycles. The molecule has 1 aliphatic rings. The number of rotatable bonds is 4. The number of carbonyl (C=O) groups excluding carboxylic acids is 1. The molecule has 0 bridgehead atoms. The topological polar surface area (TPSA) is 104 Å². The lowest BCUT2D eigenvalue weighted by Crippen LogP contribution is -2.33. The average Bonchev–Trinajstić information content (AvgIpc) is 3.06. The van der Waals surface area contributed by atoms with E-state index >= 15 is 0 Å². The molecule has 0 spiro atoms. The number of carbonyl (C=O) groups is 1. The molecule has 3 heterocycles. The molecule has 5 rings (SSSR count). The summed E-state index contributed by atoms with van der Waals surface area (Å²) in [5, 5.41) is 8.20. The molecule has 1 amide bonds. The normalized spacial score (nSPS) is 15.0. The van der Waals surface area contributed by atoms with Crippen LogP contribution in [-0.2, 0) is 9.84 Å². The van der Waals surface area contributed by atoms with Crippen LogP contribution in [0.2, 0.25) is 0 Å². The standard InChI is InChI=1S/C23H23N5O3S2/c1-33(30,31)17-5-2-4-16(12-17)26-23-25-14-15-6-7-19-18(21(15)27-23)13-20(32-19)22(29)28-10-3-8-24-9-11-28/h2,4-7,12-14,24H,3,8-11H2,1H3,(H,25,26,27). The predicted molar refractivity (Wildman–Crippen MR) is 131 cm³/mol. The molecule has 0 radical (unpaired) electrons. The highest BCUT2D eigenvalue weighted by molar-refractivity contribution is 7.90. The van der Waals surface area contributed by atoms with E-state index in [0.29, 0.717) is 23.1 Å². The maximum absolute atomic E-state index is 13.1. The van der Waals surface area contributed by atoms with E-state index in [0.717, 1.165) is 47.0 Å². The number of amides is 1. The Balaban J connectivity index is 1.49. The molecule has 1 fully saturated rings. The molecule has 1 aliphatic heterocycles. The minimum atomic E-state index is -3.32. The summed E-state index contributed by atoms with van der Waals surface area (Å²) < 4.78 is 24.7. The van der Waals surface area contributed by atoms with Gasteiger partial charge in [0.25, 0.3) is 5.91 Å². The Morgan fingerprint density at radius 1 is 1.15 bits per heavy atom. The zero-order valence-corrected chi connectivity index (χ0v) is 19.7. The van der Waals surface area contributed by atoms with Crippen molar-refractivity contribution in [1.29, 1.82) is 0 Å². The van der Waals surface area contributed by atoms with E-state index in [9.17, 15) is 13.2 Å². The molecular formula is C23H23N5O3S2. The number of sulfone groups is 1. The van der Waals surface area contributed by atoms with E-state index in [4.69, 9.17) is 4.98 Å². The summed E-state index contributed by atoms with van der Waals surface area (Å²) in [7, 11) is -3.32. The fourth-order valence-corrected chi connectivity index (χ4v) is 5.61. The Bertz CT molecular complexity index is 1460. The van der Waals surface area contributed by atoms with E-state index in [-0.39, 0.29) is 10.8 Å². The van der Waals surface area contributed by atoms with Crippen molar-refractivity contribution in [3.8, 4) is 0 Å². The SMILES string of the molecule is CS(=O)(=O)c1cccc(Nc2ncc3ccc4sc(C(=O)N5CCCNCC5)cc4c3n2)c1. The van der Waals surface area contributed by atoms with Crippen LogP contribution in [0.1, 0.15) is 16.1 Å². The molecule has 4 aromatic rings. The zero-order chi connectivity index (χ0) is 23.0. The van der Waals surface area contributed by atoms with Crippen molar-refractivity contribution in [2.75, 3.05) is 37.8 Å². The predicted octanol–water partition coefficient (Wildman–Crippen LogP) is 3.43. The van der Waals surface area contributed by atoms with Gasteiger partial charge < -0.3 is 15.5 Å². The molecule has 170 valence electrons. The van der Waals surface area contributed by atoms with Gasteiger partial charge >= 0.3 is 0 Å². The number of nitrogens with zero attached hydrogens (tertiary/aromatic N) is 3. The number of thiophene rings is 1.